The molecule has 0 amide bonds. The molecule has 0 aliphatic rings. The van der Waals surface area contributed by atoms with E-state index in [0.717, 1.165) is 0 Å². The van der Waals surface area contributed by atoms with Crippen LogP contribution in [0.25, 0.3) is 0 Å². The van der Waals surface area contributed by atoms with E-state index in [1.165, 1.54) is 24.5 Å². The van der Waals surface area contributed by atoms with Crippen molar-refractivity contribution in [1.82, 2.24) is 9.97 Å². The van der Waals surface area contributed by atoms with Gasteiger partial charge in [-0.25, -0.2) is 4.98 Å². The second-order valence-corrected chi connectivity index (χ2v) is 4.45. The van der Waals surface area contributed by atoms with Crippen molar-refractivity contribution in [2.75, 3.05) is 0 Å². The van der Waals surface area contributed by atoms with Crippen LogP contribution in [0.4, 0.5) is 5.69 Å². The molecule has 0 spiro atoms. The van der Waals surface area contributed by atoms with Crippen LogP contribution in [-0.4, -0.2) is 14.9 Å². The normalized spacial score (nSPS) is 10.2. The van der Waals surface area contributed by atoms with E-state index >= 15 is 0 Å². The lowest BCUT2D eigenvalue weighted by Crippen LogP contribution is -2.08. The Bertz CT molecular complexity index is 699. The fourth-order valence-electron chi connectivity index (χ4n) is 1.40. The Balaban J connectivity index is 2.36. The Kier molecular flexibility index (Phi) is 3.61. The summed E-state index contributed by atoms with van der Waals surface area (Å²) in [7, 11) is 0. The molecule has 1 aromatic heterocycles. The molecule has 19 heavy (non-hydrogen) atoms. The zero-order valence-corrected chi connectivity index (χ0v) is 11.3. The third-order valence-electron chi connectivity index (χ3n) is 2.34. The van der Waals surface area contributed by atoms with Crippen LogP contribution in [0.2, 0.25) is 0 Å². The molecule has 0 bridgehead atoms. The van der Waals surface area contributed by atoms with E-state index in [1.54, 1.807) is 6.92 Å². The number of rotatable bonds is 3. The van der Waals surface area contributed by atoms with Gasteiger partial charge >= 0.3 is 0 Å². The number of nitro benzene ring substituents is 1. The SMILES string of the molecule is Cc1cc([N+](=O)[O-])ccc1Oc1nc[nH]c(=O)c1Br. The van der Waals surface area contributed by atoms with Crippen LogP contribution in [0, 0.1) is 17.0 Å². The van der Waals surface area contributed by atoms with Gasteiger partial charge in [-0.2, -0.15) is 0 Å². The van der Waals surface area contributed by atoms with Crippen LogP contribution >= 0.6 is 15.9 Å². The van der Waals surface area contributed by atoms with Gasteiger partial charge in [0.15, 0.2) is 0 Å². The molecular formula is C11H8BrN3O4. The molecule has 8 heteroatoms. The lowest BCUT2D eigenvalue weighted by molar-refractivity contribution is -0.384. The van der Waals surface area contributed by atoms with E-state index < -0.39 is 4.92 Å². The van der Waals surface area contributed by atoms with Crippen LogP contribution in [-0.2, 0) is 0 Å². The number of nitro groups is 1. The highest BCUT2D eigenvalue weighted by molar-refractivity contribution is 9.10. The van der Waals surface area contributed by atoms with E-state index in [9.17, 15) is 14.9 Å². The average Bonchev–Trinajstić information content (AvgIpc) is 2.37. The molecule has 0 aliphatic heterocycles. The standard InChI is InChI=1S/C11H8BrN3O4/c1-6-4-7(15(17)18)2-3-8(6)19-11-9(12)10(16)13-5-14-11/h2-5H,1H3,(H,13,14,16). The number of H-pyrrole nitrogens is 1. The van der Waals surface area contributed by atoms with Gasteiger partial charge in [-0.3, -0.25) is 14.9 Å². The third-order valence-corrected chi connectivity index (χ3v) is 3.04. The number of benzene rings is 1. The number of aromatic nitrogens is 2. The van der Waals surface area contributed by atoms with Gasteiger partial charge in [0, 0.05) is 12.1 Å². The predicted octanol–water partition coefficient (Wildman–Crippen LogP) is 2.54. The molecule has 0 saturated carbocycles. The van der Waals surface area contributed by atoms with Gasteiger partial charge in [0.2, 0.25) is 5.88 Å². The summed E-state index contributed by atoms with van der Waals surface area (Å²) >= 11 is 3.06. The maximum Gasteiger partial charge on any atom is 0.269 e. The van der Waals surface area contributed by atoms with Gasteiger partial charge in [-0.1, -0.05) is 0 Å². The Hall–Kier alpha value is -2.22. The predicted molar refractivity (Wildman–Crippen MR) is 70.5 cm³/mol. The third kappa shape index (κ3) is 2.79. The zero-order valence-electron chi connectivity index (χ0n) is 9.71. The molecule has 0 unspecified atom stereocenters. The molecule has 1 aromatic carbocycles. The number of aromatic amines is 1. The highest BCUT2D eigenvalue weighted by atomic mass is 79.9. The summed E-state index contributed by atoms with van der Waals surface area (Å²) in [6.45, 7) is 1.67. The minimum Gasteiger partial charge on any atom is -0.437 e. The average molecular weight is 326 g/mol. The Morgan fingerprint density at radius 2 is 2.21 bits per heavy atom. The molecule has 98 valence electrons. The summed E-state index contributed by atoms with van der Waals surface area (Å²) < 4.78 is 5.61. The van der Waals surface area contributed by atoms with Crippen molar-refractivity contribution in [1.29, 1.82) is 0 Å². The number of nitrogens with one attached hydrogen (secondary N) is 1. The summed E-state index contributed by atoms with van der Waals surface area (Å²) in [5.74, 6) is 0.491. The molecule has 0 atom stereocenters. The van der Waals surface area contributed by atoms with Gasteiger partial charge in [0.25, 0.3) is 11.2 Å². The first kappa shape index (κ1) is 13.2. The van der Waals surface area contributed by atoms with E-state index in [2.05, 4.69) is 25.9 Å². The molecule has 0 fully saturated rings. The number of halogens is 1. The second-order valence-electron chi connectivity index (χ2n) is 3.66. The first-order chi connectivity index (χ1) is 8.99. The summed E-state index contributed by atoms with van der Waals surface area (Å²) in [4.78, 5) is 27.7. The first-order valence-electron chi connectivity index (χ1n) is 5.15. The van der Waals surface area contributed by atoms with Crippen molar-refractivity contribution in [2.24, 2.45) is 0 Å². The number of hydrogen-bond donors (Lipinski definition) is 1. The molecule has 1 heterocycles. The number of aryl methyl sites for hydroxylation is 1. The van der Waals surface area contributed by atoms with Crippen LogP contribution < -0.4 is 10.3 Å². The number of hydrogen-bond acceptors (Lipinski definition) is 5. The lowest BCUT2D eigenvalue weighted by Gasteiger charge is -2.08. The second kappa shape index (κ2) is 5.19. The maximum absolute atomic E-state index is 11.3. The molecular weight excluding hydrogens is 318 g/mol. The fraction of sp³-hybridized carbons (Fsp3) is 0.0909. The van der Waals surface area contributed by atoms with Gasteiger partial charge < -0.3 is 9.72 Å². The largest absolute Gasteiger partial charge is 0.437 e. The molecule has 0 radical (unpaired) electrons. The van der Waals surface area contributed by atoms with Crippen molar-refractivity contribution >= 4 is 21.6 Å². The molecule has 7 nitrogen and oxygen atoms in total. The Morgan fingerprint density at radius 1 is 1.47 bits per heavy atom. The zero-order chi connectivity index (χ0) is 14.0. The summed E-state index contributed by atoms with van der Waals surface area (Å²) in [5, 5.41) is 10.6. The smallest absolute Gasteiger partial charge is 0.269 e. The number of ether oxygens (including phenoxy) is 1. The molecule has 0 aliphatic carbocycles. The minimum atomic E-state index is -0.488. The molecule has 1 N–H and O–H groups in total. The van der Waals surface area contributed by atoms with E-state index in [0.29, 0.717) is 11.3 Å². The molecule has 2 aromatic rings. The molecule has 0 saturated heterocycles. The topological polar surface area (TPSA) is 98.1 Å². The van der Waals surface area contributed by atoms with Gasteiger partial charge in [0.1, 0.15) is 10.2 Å². The number of non-ortho nitro benzene ring substituents is 1. The van der Waals surface area contributed by atoms with Crippen molar-refractivity contribution in [3.63, 3.8) is 0 Å². The monoisotopic (exact) mass is 325 g/mol. The summed E-state index contributed by atoms with van der Waals surface area (Å²) in [6, 6.07) is 4.17. The van der Waals surface area contributed by atoms with E-state index in [-0.39, 0.29) is 21.6 Å². The van der Waals surface area contributed by atoms with Crippen molar-refractivity contribution < 1.29 is 9.66 Å². The molecule has 2 rings (SSSR count). The van der Waals surface area contributed by atoms with Crippen LogP contribution in [0.3, 0.4) is 0 Å². The van der Waals surface area contributed by atoms with Crippen molar-refractivity contribution in [3.05, 3.63) is 55.0 Å². The highest BCUT2D eigenvalue weighted by Crippen LogP contribution is 2.29. The fourth-order valence-corrected chi connectivity index (χ4v) is 1.70. The maximum atomic E-state index is 11.3. The summed E-state index contributed by atoms with van der Waals surface area (Å²) in [5.41, 5.74) is 0.176. The summed E-state index contributed by atoms with van der Waals surface area (Å²) in [6.07, 6.45) is 1.21. The minimum absolute atomic E-state index is 0.0252. The highest BCUT2D eigenvalue weighted by Gasteiger charge is 2.12. The van der Waals surface area contributed by atoms with Gasteiger partial charge in [-0.15, -0.1) is 0 Å². The Morgan fingerprint density at radius 3 is 2.84 bits per heavy atom. The quantitative estimate of drug-likeness (QED) is 0.690. The lowest BCUT2D eigenvalue weighted by atomic mass is 10.2. The number of nitrogens with zero attached hydrogens (tertiary/aromatic N) is 2. The van der Waals surface area contributed by atoms with Gasteiger partial charge in [-0.05, 0) is 34.5 Å². The van der Waals surface area contributed by atoms with Crippen LogP contribution in [0.5, 0.6) is 11.6 Å². The first-order valence-corrected chi connectivity index (χ1v) is 5.94. The van der Waals surface area contributed by atoms with E-state index in [1.807, 2.05) is 0 Å². The van der Waals surface area contributed by atoms with Crippen LogP contribution in [0.15, 0.2) is 33.8 Å². The van der Waals surface area contributed by atoms with Crippen molar-refractivity contribution in [3.8, 4) is 11.6 Å². The van der Waals surface area contributed by atoms with Crippen molar-refractivity contribution in [2.45, 2.75) is 6.92 Å². The Labute approximate surface area is 115 Å². The van der Waals surface area contributed by atoms with Gasteiger partial charge in [0.05, 0.1) is 11.3 Å². The van der Waals surface area contributed by atoms with Crippen LogP contribution in [0.1, 0.15) is 5.56 Å². The van der Waals surface area contributed by atoms with E-state index in [4.69, 9.17) is 4.74 Å².